The zero-order valence-corrected chi connectivity index (χ0v) is 18.5. The number of ether oxygens (including phenoxy) is 2. The number of carbonyl (C=O) groups is 1. The van der Waals surface area contributed by atoms with Crippen molar-refractivity contribution in [2.24, 2.45) is 0 Å². The lowest BCUT2D eigenvalue weighted by atomic mass is 10.2. The van der Waals surface area contributed by atoms with Gasteiger partial charge in [0.05, 0.1) is 22.7 Å². The number of halogens is 1. The van der Waals surface area contributed by atoms with Crippen molar-refractivity contribution < 1.29 is 22.7 Å². The van der Waals surface area contributed by atoms with Gasteiger partial charge in [0.25, 0.3) is 15.9 Å². The lowest BCUT2D eigenvalue weighted by Gasteiger charge is -2.12. The van der Waals surface area contributed by atoms with Gasteiger partial charge in [-0.05, 0) is 49.4 Å². The van der Waals surface area contributed by atoms with Crippen molar-refractivity contribution in [3.8, 4) is 11.5 Å². The van der Waals surface area contributed by atoms with Crippen LogP contribution in [0.15, 0.2) is 71.6 Å². The molecule has 0 aliphatic carbocycles. The Morgan fingerprint density at radius 3 is 2.39 bits per heavy atom. The number of methoxy groups -OCH3 is 1. The molecule has 0 saturated heterocycles. The van der Waals surface area contributed by atoms with Gasteiger partial charge in [0.1, 0.15) is 11.5 Å². The number of sulfonamides is 1. The molecule has 1 amide bonds. The van der Waals surface area contributed by atoms with Crippen LogP contribution in [-0.4, -0.2) is 28.0 Å². The van der Waals surface area contributed by atoms with E-state index in [1.807, 2.05) is 6.92 Å². The van der Waals surface area contributed by atoms with Crippen LogP contribution in [0.1, 0.15) is 5.56 Å². The van der Waals surface area contributed by atoms with Crippen molar-refractivity contribution in [2.45, 2.75) is 11.8 Å². The molecule has 0 aliphatic heterocycles. The summed E-state index contributed by atoms with van der Waals surface area (Å²) in [4.78, 5) is 12.2. The standard InChI is InChI=1S/C22H21ClN2O5S/c1-15-7-9-16(10-8-15)25-31(27,28)17-11-12-20(18(23)13-17)30-14-22(26)24-19-5-3-4-6-21(19)29-2/h3-13,25H,14H2,1-2H3,(H,24,26). The number of aryl methyl sites for hydroxylation is 1. The van der Waals surface area contributed by atoms with Gasteiger partial charge >= 0.3 is 0 Å². The fraction of sp³-hybridized carbons (Fsp3) is 0.136. The first-order valence-electron chi connectivity index (χ1n) is 9.23. The van der Waals surface area contributed by atoms with Gasteiger partial charge in [0, 0.05) is 5.69 Å². The first kappa shape index (κ1) is 22.5. The molecule has 7 nitrogen and oxygen atoms in total. The predicted molar refractivity (Wildman–Crippen MR) is 121 cm³/mol. The van der Waals surface area contributed by atoms with Crippen LogP contribution in [0.5, 0.6) is 11.5 Å². The average molecular weight is 461 g/mol. The van der Waals surface area contributed by atoms with Crippen LogP contribution in [0.3, 0.4) is 0 Å². The zero-order chi connectivity index (χ0) is 22.4. The Hall–Kier alpha value is -3.23. The molecule has 3 aromatic rings. The molecule has 0 atom stereocenters. The Morgan fingerprint density at radius 2 is 1.71 bits per heavy atom. The normalized spacial score (nSPS) is 10.9. The highest BCUT2D eigenvalue weighted by Gasteiger charge is 2.17. The second-order valence-corrected chi connectivity index (χ2v) is 8.69. The van der Waals surface area contributed by atoms with Crippen molar-refractivity contribution in [3.05, 3.63) is 77.3 Å². The smallest absolute Gasteiger partial charge is 0.262 e. The molecule has 2 N–H and O–H groups in total. The van der Waals surface area contributed by atoms with Gasteiger partial charge in [-0.2, -0.15) is 0 Å². The van der Waals surface area contributed by atoms with Gasteiger partial charge in [-0.15, -0.1) is 0 Å². The zero-order valence-electron chi connectivity index (χ0n) is 16.9. The highest BCUT2D eigenvalue weighted by molar-refractivity contribution is 7.92. The van der Waals surface area contributed by atoms with Gasteiger partial charge in [-0.3, -0.25) is 9.52 Å². The number of hydrogen-bond acceptors (Lipinski definition) is 5. The molecule has 0 aromatic heterocycles. The molecule has 0 heterocycles. The summed E-state index contributed by atoms with van der Waals surface area (Å²) >= 11 is 6.18. The van der Waals surface area contributed by atoms with E-state index in [0.717, 1.165) is 5.56 Å². The summed E-state index contributed by atoms with van der Waals surface area (Å²) in [5, 5.41) is 2.75. The Balaban J connectivity index is 1.65. The molecule has 9 heteroatoms. The maximum absolute atomic E-state index is 12.6. The minimum absolute atomic E-state index is 0.0242. The van der Waals surface area contributed by atoms with Gasteiger partial charge in [0.2, 0.25) is 0 Å². The van der Waals surface area contributed by atoms with Gasteiger partial charge < -0.3 is 14.8 Å². The highest BCUT2D eigenvalue weighted by atomic mass is 35.5. The summed E-state index contributed by atoms with van der Waals surface area (Å²) in [6.07, 6.45) is 0. The fourth-order valence-electron chi connectivity index (χ4n) is 2.68. The summed E-state index contributed by atoms with van der Waals surface area (Å²) in [5.74, 6) is 0.286. The Morgan fingerprint density at radius 1 is 1.00 bits per heavy atom. The number of benzene rings is 3. The lowest BCUT2D eigenvalue weighted by molar-refractivity contribution is -0.118. The minimum Gasteiger partial charge on any atom is -0.495 e. The first-order chi connectivity index (χ1) is 14.8. The molecule has 0 fully saturated rings. The number of anilines is 2. The van der Waals surface area contributed by atoms with Crippen LogP contribution in [0, 0.1) is 6.92 Å². The summed E-state index contributed by atoms with van der Waals surface area (Å²) < 4.78 is 38.3. The van der Waals surface area contributed by atoms with E-state index in [0.29, 0.717) is 17.1 Å². The van der Waals surface area contributed by atoms with E-state index < -0.39 is 15.9 Å². The van der Waals surface area contributed by atoms with E-state index >= 15 is 0 Å². The molecule has 0 radical (unpaired) electrons. The van der Waals surface area contributed by atoms with E-state index in [-0.39, 0.29) is 22.3 Å². The predicted octanol–water partition coefficient (Wildman–Crippen LogP) is 4.48. The van der Waals surface area contributed by atoms with Gasteiger partial charge in [-0.1, -0.05) is 41.4 Å². The van der Waals surface area contributed by atoms with Crippen LogP contribution in [-0.2, 0) is 14.8 Å². The highest BCUT2D eigenvalue weighted by Crippen LogP contribution is 2.29. The minimum atomic E-state index is -3.83. The quantitative estimate of drug-likeness (QED) is 0.517. The average Bonchev–Trinajstić information content (AvgIpc) is 2.74. The topological polar surface area (TPSA) is 93.7 Å². The fourth-order valence-corrected chi connectivity index (χ4v) is 4.06. The lowest BCUT2D eigenvalue weighted by Crippen LogP contribution is -2.20. The van der Waals surface area contributed by atoms with Crippen molar-refractivity contribution in [1.29, 1.82) is 0 Å². The maximum atomic E-state index is 12.6. The molecular formula is C22H21ClN2O5S. The monoisotopic (exact) mass is 460 g/mol. The third kappa shape index (κ3) is 5.90. The maximum Gasteiger partial charge on any atom is 0.262 e. The molecule has 0 unspecified atom stereocenters. The molecule has 0 saturated carbocycles. The van der Waals surface area contributed by atoms with E-state index in [1.54, 1.807) is 48.5 Å². The molecule has 162 valence electrons. The summed E-state index contributed by atoms with van der Waals surface area (Å²) in [7, 11) is -2.32. The van der Waals surface area contributed by atoms with Crippen molar-refractivity contribution in [3.63, 3.8) is 0 Å². The van der Waals surface area contributed by atoms with Crippen LogP contribution in [0.25, 0.3) is 0 Å². The molecule has 0 spiro atoms. The second-order valence-electron chi connectivity index (χ2n) is 6.60. The number of amides is 1. The van der Waals surface area contributed by atoms with Crippen molar-refractivity contribution >= 4 is 38.9 Å². The summed E-state index contributed by atoms with van der Waals surface area (Å²) in [6.45, 7) is 1.60. The number of para-hydroxylation sites is 2. The van der Waals surface area contributed by atoms with Crippen molar-refractivity contribution in [1.82, 2.24) is 0 Å². The number of carbonyl (C=O) groups excluding carboxylic acids is 1. The number of nitrogens with one attached hydrogen (secondary N) is 2. The second kappa shape index (κ2) is 9.72. The third-order valence-electron chi connectivity index (χ3n) is 4.26. The van der Waals surface area contributed by atoms with Crippen LogP contribution in [0.4, 0.5) is 11.4 Å². The SMILES string of the molecule is COc1ccccc1NC(=O)COc1ccc(S(=O)(=O)Nc2ccc(C)cc2)cc1Cl. The van der Waals surface area contributed by atoms with Crippen LogP contribution in [0.2, 0.25) is 5.02 Å². The van der Waals surface area contributed by atoms with Crippen molar-refractivity contribution in [2.75, 3.05) is 23.8 Å². The van der Waals surface area contributed by atoms with Crippen LogP contribution >= 0.6 is 11.6 Å². The largest absolute Gasteiger partial charge is 0.495 e. The summed E-state index contributed by atoms with van der Waals surface area (Å²) in [5.41, 5.74) is 1.96. The molecule has 0 aliphatic rings. The Bertz CT molecular complexity index is 1180. The molecule has 31 heavy (non-hydrogen) atoms. The van der Waals surface area contributed by atoms with E-state index in [9.17, 15) is 13.2 Å². The van der Waals surface area contributed by atoms with Gasteiger partial charge in [0.15, 0.2) is 6.61 Å². The Kier molecular flexibility index (Phi) is 7.04. The van der Waals surface area contributed by atoms with E-state index in [2.05, 4.69) is 10.0 Å². The number of hydrogen-bond donors (Lipinski definition) is 2. The Labute approximate surface area is 186 Å². The molecule has 0 bridgehead atoms. The third-order valence-corrected chi connectivity index (χ3v) is 5.93. The van der Waals surface area contributed by atoms with E-state index in [1.165, 1.54) is 25.3 Å². The number of rotatable bonds is 8. The molecule has 3 aromatic carbocycles. The molecule has 3 rings (SSSR count). The van der Waals surface area contributed by atoms with Crippen LogP contribution < -0.4 is 19.5 Å². The summed E-state index contributed by atoms with van der Waals surface area (Å²) in [6, 6.07) is 18.0. The molecular weight excluding hydrogens is 440 g/mol. The first-order valence-corrected chi connectivity index (χ1v) is 11.1. The van der Waals surface area contributed by atoms with Gasteiger partial charge in [-0.25, -0.2) is 8.42 Å². The van der Waals surface area contributed by atoms with E-state index in [4.69, 9.17) is 21.1 Å².